The van der Waals surface area contributed by atoms with Crippen LogP contribution in [-0.2, 0) is 14.8 Å². The van der Waals surface area contributed by atoms with E-state index in [0.717, 1.165) is 18.4 Å². The van der Waals surface area contributed by atoms with Crippen molar-refractivity contribution in [2.45, 2.75) is 17.7 Å². The van der Waals surface area contributed by atoms with E-state index < -0.39 is 16.0 Å². The van der Waals surface area contributed by atoms with Crippen molar-refractivity contribution >= 4 is 16.0 Å². The van der Waals surface area contributed by atoms with E-state index in [2.05, 4.69) is 5.32 Å². The van der Waals surface area contributed by atoms with E-state index in [1.807, 2.05) is 42.5 Å². The molecule has 1 unspecified atom stereocenters. The van der Waals surface area contributed by atoms with Crippen molar-refractivity contribution in [3.8, 4) is 11.1 Å². The lowest BCUT2D eigenvalue weighted by molar-refractivity contribution is -0.136. The Balaban J connectivity index is 1.81. The number of carboxylic acid groups (broad SMARTS) is 1. The molecule has 0 aromatic heterocycles. The number of aliphatic carboxylic acids is 1. The highest BCUT2D eigenvalue weighted by molar-refractivity contribution is 7.89. The van der Waals surface area contributed by atoms with Gasteiger partial charge in [-0.3, -0.25) is 4.79 Å². The standard InChI is InChI=1S/C20H24N2O4S/c23-20(24)14-21-13-16-7-6-12-22(15-16)27(25,26)19-11-5-4-10-18(19)17-8-2-1-3-9-17/h1-5,8-11,16,21H,6-7,12-15H2,(H,23,24). The number of carbonyl (C=O) groups is 1. The minimum atomic E-state index is -3.63. The Bertz CT molecular complexity index is 884. The lowest BCUT2D eigenvalue weighted by atomic mass is 10.00. The highest BCUT2D eigenvalue weighted by Gasteiger charge is 2.31. The summed E-state index contributed by atoms with van der Waals surface area (Å²) in [5, 5.41) is 11.6. The van der Waals surface area contributed by atoms with Crippen LogP contribution >= 0.6 is 0 Å². The maximum atomic E-state index is 13.3. The molecule has 0 saturated carbocycles. The van der Waals surface area contributed by atoms with E-state index in [1.54, 1.807) is 12.1 Å². The molecule has 0 radical (unpaired) electrons. The molecule has 27 heavy (non-hydrogen) atoms. The summed E-state index contributed by atoms with van der Waals surface area (Å²) in [5.41, 5.74) is 1.57. The SMILES string of the molecule is O=C(O)CNCC1CCCN(S(=O)(=O)c2ccccc2-c2ccccc2)C1. The Kier molecular flexibility index (Phi) is 6.26. The van der Waals surface area contributed by atoms with Crippen LogP contribution in [-0.4, -0.2) is 50.0 Å². The first kappa shape index (κ1) is 19.5. The van der Waals surface area contributed by atoms with Crippen molar-refractivity contribution < 1.29 is 18.3 Å². The van der Waals surface area contributed by atoms with Gasteiger partial charge in [-0.25, -0.2) is 8.42 Å². The Morgan fingerprint density at radius 1 is 1.11 bits per heavy atom. The van der Waals surface area contributed by atoms with Gasteiger partial charge in [0.15, 0.2) is 0 Å². The molecule has 2 aromatic rings. The first-order valence-electron chi connectivity index (χ1n) is 9.05. The van der Waals surface area contributed by atoms with Gasteiger partial charge in [-0.05, 0) is 36.9 Å². The van der Waals surface area contributed by atoms with E-state index in [0.29, 0.717) is 30.1 Å². The van der Waals surface area contributed by atoms with Crippen molar-refractivity contribution in [2.75, 3.05) is 26.2 Å². The van der Waals surface area contributed by atoms with Gasteiger partial charge in [-0.2, -0.15) is 4.31 Å². The predicted molar refractivity (Wildman–Crippen MR) is 104 cm³/mol. The second kappa shape index (κ2) is 8.65. The lowest BCUT2D eigenvalue weighted by Crippen LogP contribution is -2.43. The third-order valence-corrected chi connectivity index (χ3v) is 6.70. The van der Waals surface area contributed by atoms with Gasteiger partial charge in [0, 0.05) is 18.7 Å². The van der Waals surface area contributed by atoms with Gasteiger partial charge in [0.25, 0.3) is 0 Å². The fourth-order valence-corrected chi connectivity index (χ4v) is 5.25. The van der Waals surface area contributed by atoms with Crippen LogP contribution in [0.3, 0.4) is 0 Å². The molecule has 3 rings (SSSR count). The highest BCUT2D eigenvalue weighted by atomic mass is 32.2. The number of nitrogens with one attached hydrogen (secondary N) is 1. The summed E-state index contributed by atoms with van der Waals surface area (Å²) in [4.78, 5) is 11.0. The van der Waals surface area contributed by atoms with Crippen LogP contribution in [0.5, 0.6) is 0 Å². The minimum Gasteiger partial charge on any atom is -0.480 e. The largest absolute Gasteiger partial charge is 0.480 e. The smallest absolute Gasteiger partial charge is 0.317 e. The lowest BCUT2D eigenvalue weighted by Gasteiger charge is -2.32. The monoisotopic (exact) mass is 388 g/mol. The molecule has 2 aromatic carbocycles. The molecule has 144 valence electrons. The first-order valence-corrected chi connectivity index (χ1v) is 10.5. The summed E-state index contributed by atoms with van der Waals surface area (Å²) in [5.74, 6) is -0.802. The second-order valence-electron chi connectivity index (χ2n) is 6.76. The zero-order chi connectivity index (χ0) is 19.3. The van der Waals surface area contributed by atoms with Crippen LogP contribution in [0.4, 0.5) is 0 Å². The molecule has 7 heteroatoms. The molecule has 0 aliphatic carbocycles. The molecular weight excluding hydrogens is 364 g/mol. The number of carboxylic acids is 1. The highest BCUT2D eigenvalue weighted by Crippen LogP contribution is 2.31. The molecule has 6 nitrogen and oxygen atoms in total. The number of piperidine rings is 1. The van der Waals surface area contributed by atoms with Crippen molar-refractivity contribution in [1.82, 2.24) is 9.62 Å². The van der Waals surface area contributed by atoms with Crippen molar-refractivity contribution in [2.24, 2.45) is 5.92 Å². The molecule has 0 amide bonds. The van der Waals surface area contributed by atoms with Gasteiger partial charge in [0.05, 0.1) is 11.4 Å². The number of hydrogen-bond donors (Lipinski definition) is 2. The number of rotatable bonds is 7. The van der Waals surface area contributed by atoms with Gasteiger partial charge in [-0.15, -0.1) is 0 Å². The molecule has 1 aliphatic rings. The Hall–Kier alpha value is -2.22. The third-order valence-electron chi connectivity index (χ3n) is 4.78. The average Bonchev–Trinajstić information content (AvgIpc) is 2.69. The maximum Gasteiger partial charge on any atom is 0.317 e. The predicted octanol–water partition coefficient (Wildman–Crippen LogP) is 2.43. The molecule has 0 bridgehead atoms. The Labute approximate surface area is 159 Å². The molecule has 1 atom stereocenters. The molecular formula is C20H24N2O4S. The van der Waals surface area contributed by atoms with Gasteiger partial charge >= 0.3 is 5.97 Å². The van der Waals surface area contributed by atoms with Crippen LogP contribution in [0.1, 0.15) is 12.8 Å². The van der Waals surface area contributed by atoms with E-state index in [-0.39, 0.29) is 12.5 Å². The summed E-state index contributed by atoms with van der Waals surface area (Å²) in [6.45, 7) is 1.28. The summed E-state index contributed by atoms with van der Waals surface area (Å²) < 4.78 is 28.2. The van der Waals surface area contributed by atoms with Crippen LogP contribution in [0.2, 0.25) is 0 Å². The number of benzene rings is 2. The van der Waals surface area contributed by atoms with E-state index >= 15 is 0 Å². The van der Waals surface area contributed by atoms with Crippen LogP contribution in [0.25, 0.3) is 11.1 Å². The fourth-order valence-electron chi connectivity index (χ4n) is 3.48. The topological polar surface area (TPSA) is 86.7 Å². The number of nitrogens with zero attached hydrogens (tertiary/aromatic N) is 1. The average molecular weight is 388 g/mol. The molecule has 1 fully saturated rings. The van der Waals surface area contributed by atoms with Gasteiger partial charge in [0.2, 0.25) is 10.0 Å². The second-order valence-corrected chi connectivity index (χ2v) is 8.66. The van der Waals surface area contributed by atoms with Gasteiger partial charge < -0.3 is 10.4 Å². The van der Waals surface area contributed by atoms with Crippen LogP contribution in [0, 0.1) is 5.92 Å². The maximum absolute atomic E-state index is 13.3. The molecule has 1 saturated heterocycles. The zero-order valence-electron chi connectivity index (χ0n) is 15.0. The normalized spacial score (nSPS) is 18.3. The zero-order valence-corrected chi connectivity index (χ0v) is 15.9. The van der Waals surface area contributed by atoms with Crippen LogP contribution in [0.15, 0.2) is 59.5 Å². The van der Waals surface area contributed by atoms with E-state index in [9.17, 15) is 13.2 Å². The van der Waals surface area contributed by atoms with E-state index in [4.69, 9.17) is 5.11 Å². The number of hydrogen-bond acceptors (Lipinski definition) is 4. The molecule has 2 N–H and O–H groups in total. The summed E-state index contributed by atoms with van der Waals surface area (Å²) >= 11 is 0. The first-order chi connectivity index (χ1) is 13.0. The molecule has 1 aliphatic heterocycles. The van der Waals surface area contributed by atoms with Crippen molar-refractivity contribution in [1.29, 1.82) is 0 Å². The van der Waals surface area contributed by atoms with Crippen molar-refractivity contribution in [3.05, 3.63) is 54.6 Å². The van der Waals surface area contributed by atoms with E-state index in [1.165, 1.54) is 4.31 Å². The van der Waals surface area contributed by atoms with Crippen LogP contribution < -0.4 is 5.32 Å². The Morgan fingerprint density at radius 2 is 1.81 bits per heavy atom. The minimum absolute atomic E-state index is 0.108. The summed E-state index contributed by atoms with van der Waals surface area (Å²) in [7, 11) is -3.63. The summed E-state index contributed by atoms with van der Waals surface area (Å²) in [6, 6.07) is 16.6. The summed E-state index contributed by atoms with van der Waals surface area (Å²) in [6.07, 6.45) is 1.66. The fraction of sp³-hybridized carbons (Fsp3) is 0.350. The quantitative estimate of drug-likeness (QED) is 0.761. The molecule has 0 spiro atoms. The van der Waals surface area contributed by atoms with Crippen molar-refractivity contribution in [3.63, 3.8) is 0 Å². The molecule has 1 heterocycles. The third kappa shape index (κ3) is 4.74. The Morgan fingerprint density at radius 3 is 2.56 bits per heavy atom. The van der Waals surface area contributed by atoms with Gasteiger partial charge in [-0.1, -0.05) is 48.5 Å². The van der Waals surface area contributed by atoms with Gasteiger partial charge in [0.1, 0.15) is 0 Å². The number of sulfonamides is 1.